The highest BCUT2D eigenvalue weighted by molar-refractivity contribution is 4.90. The molecule has 0 aromatic heterocycles. The van der Waals surface area contributed by atoms with Gasteiger partial charge in [-0.2, -0.15) is 0 Å². The molecule has 3 heterocycles. The van der Waals surface area contributed by atoms with Gasteiger partial charge in [0, 0.05) is 24.7 Å². The first-order chi connectivity index (χ1) is 7.92. The lowest BCUT2D eigenvalue weighted by Crippen LogP contribution is -2.48. The normalized spacial score (nSPS) is 40.1. The van der Waals surface area contributed by atoms with E-state index in [1.54, 1.807) is 0 Å². The number of hydrogen-bond donors (Lipinski definition) is 2. The fourth-order valence-corrected chi connectivity index (χ4v) is 3.65. The van der Waals surface area contributed by atoms with Crippen molar-refractivity contribution in [2.24, 2.45) is 0 Å². The molecule has 0 aromatic rings. The summed E-state index contributed by atoms with van der Waals surface area (Å²) in [6.07, 6.45) is 8.38. The van der Waals surface area contributed by atoms with E-state index in [0.717, 1.165) is 18.1 Å². The maximum atomic E-state index is 3.79. The summed E-state index contributed by atoms with van der Waals surface area (Å²) in [6, 6.07) is 2.45. The zero-order valence-corrected chi connectivity index (χ0v) is 10.3. The molecule has 0 saturated carbocycles. The Morgan fingerprint density at radius 1 is 1.12 bits per heavy atom. The molecule has 3 aliphatic rings. The van der Waals surface area contributed by atoms with Gasteiger partial charge in [0.05, 0.1) is 0 Å². The SMILES string of the molecule is C1CNC(CNC2CCN3CCCC3C2)C1. The fraction of sp³-hybridized carbons (Fsp3) is 1.00. The maximum absolute atomic E-state index is 3.79. The summed E-state index contributed by atoms with van der Waals surface area (Å²) in [5, 5.41) is 7.36. The first-order valence-electron chi connectivity index (χ1n) is 7.12. The third-order valence-electron chi connectivity index (χ3n) is 4.64. The van der Waals surface area contributed by atoms with Crippen molar-refractivity contribution in [1.82, 2.24) is 15.5 Å². The third-order valence-corrected chi connectivity index (χ3v) is 4.64. The van der Waals surface area contributed by atoms with Crippen LogP contribution in [-0.4, -0.2) is 49.2 Å². The van der Waals surface area contributed by atoms with E-state index in [1.165, 1.54) is 64.7 Å². The molecule has 0 spiro atoms. The number of rotatable bonds is 3. The third kappa shape index (κ3) is 2.41. The highest BCUT2D eigenvalue weighted by atomic mass is 15.2. The Labute approximate surface area is 99.0 Å². The van der Waals surface area contributed by atoms with Gasteiger partial charge in [0.15, 0.2) is 0 Å². The summed E-state index contributed by atoms with van der Waals surface area (Å²) >= 11 is 0. The van der Waals surface area contributed by atoms with Crippen LogP contribution in [0.1, 0.15) is 38.5 Å². The van der Waals surface area contributed by atoms with Gasteiger partial charge in [-0.05, 0) is 58.2 Å². The highest BCUT2D eigenvalue weighted by Gasteiger charge is 2.31. The quantitative estimate of drug-likeness (QED) is 0.746. The Hall–Kier alpha value is -0.120. The van der Waals surface area contributed by atoms with Crippen LogP contribution >= 0.6 is 0 Å². The molecule has 16 heavy (non-hydrogen) atoms. The minimum atomic E-state index is 0.751. The molecule has 2 N–H and O–H groups in total. The van der Waals surface area contributed by atoms with Gasteiger partial charge in [0.25, 0.3) is 0 Å². The van der Waals surface area contributed by atoms with E-state index in [-0.39, 0.29) is 0 Å². The van der Waals surface area contributed by atoms with Crippen molar-refractivity contribution < 1.29 is 0 Å². The van der Waals surface area contributed by atoms with Gasteiger partial charge in [0.1, 0.15) is 0 Å². The van der Waals surface area contributed by atoms with E-state index in [9.17, 15) is 0 Å². The number of fused-ring (bicyclic) bond motifs is 1. The monoisotopic (exact) mass is 223 g/mol. The fourth-order valence-electron chi connectivity index (χ4n) is 3.65. The molecule has 3 heteroatoms. The van der Waals surface area contributed by atoms with Crippen molar-refractivity contribution in [3.63, 3.8) is 0 Å². The van der Waals surface area contributed by atoms with Gasteiger partial charge in [-0.1, -0.05) is 0 Å². The van der Waals surface area contributed by atoms with E-state index in [1.807, 2.05) is 0 Å². The molecule has 3 aliphatic heterocycles. The second-order valence-corrected chi connectivity index (χ2v) is 5.75. The smallest absolute Gasteiger partial charge is 0.0193 e. The average Bonchev–Trinajstić information content (AvgIpc) is 2.97. The van der Waals surface area contributed by atoms with Crippen molar-refractivity contribution in [2.45, 2.75) is 56.7 Å². The van der Waals surface area contributed by atoms with Crippen LogP contribution in [0.15, 0.2) is 0 Å². The van der Waals surface area contributed by atoms with Crippen molar-refractivity contribution in [3.05, 3.63) is 0 Å². The first-order valence-corrected chi connectivity index (χ1v) is 7.12. The second-order valence-electron chi connectivity index (χ2n) is 5.75. The predicted molar refractivity (Wildman–Crippen MR) is 66.6 cm³/mol. The summed E-state index contributed by atoms with van der Waals surface area (Å²) in [5.41, 5.74) is 0. The lowest BCUT2D eigenvalue weighted by molar-refractivity contribution is 0.166. The van der Waals surface area contributed by atoms with Gasteiger partial charge in [-0.25, -0.2) is 0 Å². The Bertz CT molecular complexity index is 225. The molecule has 3 atom stereocenters. The molecule has 0 amide bonds. The standard InChI is InChI=1S/C13H25N3/c1-3-12(14-6-1)10-15-11-5-8-16-7-2-4-13(16)9-11/h11-15H,1-10H2. The van der Waals surface area contributed by atoms with E-state index in [2.05, 4.69) is 15.5 Å². The molecular weight excluding hydrogens is 198 g/mol. The number of nitrogens with zero attached hydrogens (tertiary/aromatic N) is 1. The molecule has 3 fully saturated rings. The maximum Gasteiger partial charge on any atom is 0.0193 e. The van der Waals surface area contributed by atoms with Gasteiger partial charge in [-0.3, -0.25) is 0 Å². The Morgan fingerprint density at radius 2 is 2.12 bits per heavy atom. The van der Waals surface area contributed by atoms with Crippen LogP contribution in [0.3, 0.4) is 0 Å². The topological polar surface area (TPSA) is 27.3 Å². The molecule has 0 bridgehead atoms. The Balaban J connectivity index is 1.42. The lowest BCUT2D eigenvalue weighted by atomic mass is 9.97. The minimum Gasteiger partial charge on any atom is -0.313 e. The second kappa shape index (κ2) is 5.03. The van der Waals surface area contributed by atoms with Crippen LogP contribution in [0, 0.1) is 0 Å². The summed E-state index contributed by atoms with van der Waals surface area (Å²) in [4.78, 5) is 2.70. The zero-order valence-electron chi connectivity index (χ0n) is 10.3. The minimum absolute atomic E-state index is 0.751. The lowest BCUT2D eigenvalue weighted by Gasteiger charge is -2.35. The summed E-state index contributed by atoms with van der Waals surface area (Å²) < 4.78 is 0. The van der Waals surface area contributed by atoms with Gasteiger partial charge >= 0.3 is 0 Å². The first kappa shape index (κ1) is 11.0. The van der Waals surface area contributed by atoms with Crippen molar-refractivity contribution in [1.29, 1.82) is 0 Å². The molecule has 0 radical (unpaired) electrons. The number of nitrogens with one attached hydrogen (secondary N) is 2. The molecule has 3 unspecified atom stereocenters. The predicted octanol–water partition coefficient (Wildman–Crippen LogP) is 0.955. The molecule has 0 aromatic carbocycles. The van der Waals surface area contributed by atoms with E-state index >= 15 is 0 Å². The van der Waals surface area contributed by atoms with Crippen LogP contribution in [-0.2, 0) is 0 Å². The van der Waals surface area contributed by atoms with E-state index in [4.69, 9.17) is 0 Å². The van der Waals surface area contributed by atoms with Crippen LogP contribution < -0.4 is 10.6 Å². The molecule has 3 nitrogen and oxygen atoms in total. The van der Waals surface area contributed by atoms with Crippen molar-refractivity contribution in [3.8, 4) is 0 Å². The van der Waals surface area contributed by atoms with Gasteiger partial charge < -0.3 is 15.5 Å². The Kier molecular flexibility index (Phi) is 3.46. The van der Waals surface area contributed by atoms with Crippen LogP contribution in [0.25, 0.3) is 0 Å². The molecular formula is C13H25N3. The van der Waals surface area contributed by atoms with Crippen LogP contribution in [0.5, 0.6) is 0 Å². The Morgan fingerprint density at radius 3 is 3.00 bits per heavy atom. The molecule has 3 rings (SSSR count). The van der Waals surface area contributed by atoms with Gasteiger partial charge in [-0.15, -0.1) is 0 Å². The van der Waals surface area contributed by atoms with Crippen molar-refractivity contribution in [2.75, 3.05) is 26.2 Å². The van der Waals surface area contributed by atoms with E-state index in [0.29, 0.717) is 0 Å². The number of hydrogen-bond acceptors (Lipinski definition) is 3. The molecule has 92 valence electrons. The van der Waals surface area contributed by atoms with Crippen LogP contribution in [0.2, 0.25) is 0 Å². The summed E-state index contributed by atoms with van der Waals surface area (Å²) in [6.45, 7) is 5.12. The zero-order chi connectivity index (χ0) is 10.8. The van der Waals surface area contributed by atoms with Gasteiger partial charge in [0.2, 0.25) is 0 Å². The van der Waals surface area contributed by atoms with E-state index < -0.39 is 0 Å². The molecule has 3 saturated heterocycles. The summed E-state index contributed by atoms with van der Waals surface area (Å²) in [7, 11) is 0. The average molecular weight is 223 g/mol. The largest absolute Gasteiger partial charge is 0.313 e. The summed E-state index contributed by atoms with van der Waals surface area (Å²) in [5.74, 6) is 0. The molecule has 0 aliphatic carbocycles. The van der Waals surface area contributed by atoms with Crippen molar-refractivity contribution >= 4 is 0 Å². The highest BCUT2D eigenvalue weighted by Crippen LogP contribution is 2.26. The number of piperidine rings is 1. The van der Waals surface area contributed by atoms with Crippen LogP contribution in [0.4, 0.5) is 0 Å².